The number of hydrogen-bond acceptors (Lipinski definition) is 4. The zero-order chi connectivity index (χ0) is 18.5. The smallest absolute Gasteiger partial charge is 0.218 e. The molecule has 0 aromatic carbocycles. The first-order valence-electron chi connectivity index (χ1n) is 9.32. The van der Waals surface area contributed by atoms with Crippen LogP contribution >= 0.6 is 0 Å². The van der Waals surface area contributed by atoms with Crippen LogP contribution in [0.25, 0.3) is 0 Å². The molecule has 0 bridgehead atoms. The molecule has 1 aromatic rings. The summed E-state index contributed by atoms with van der Waals surface area (Å²) in [6, 6.07) is 3.90. The van der Waals surface area contributed by atoms with Gasteiger partial charge < -0.3 is 20.1 Å². The summed E-state index contributed by atoms with van der Waals surface area (Å²) in [6.07, 6.45) is 2.96. The summed E-state index contributed by atoms with van der Waals surface area (Å²) < 4.78 is 11.3. The molecule has 0 fully saturated rings. The fraction of sp³-hybridized carbons (Fsp3) is 0.684. The van der Waals surface area contributed by atoms with Crippen LogP contribution < -0.4 is 15.4 Å². The standard InChI is InChI=1S/C19H34N4O2/c1-6-20-19(22-13-11-17(15(4)5)24-7-2)23-14-16-10-9-12-21-18(16)25-8-3/h9-10,12,15,17H,6-8,11,13-14H2,1-5H3,(H2,20,22,23). The van der Waals surface area contributed by atoms with Crippen LogP contribution in [0.4, 0.5) is 0 Å². The second-order valence-electron chi connectivity index (χ2n) is 6.05. The molecule has 0 aliphatic carbocycles. The van der Waals surface area contributed by atoms with Gasteiger partial charge in [-0.2, -0.15) is 0 Å². The van der Waals surface area contributed by atoms with Gasteiger partial charge in [0.05, 0.1) is 19.3 Å². The topological polar surface area (TPSA) is 67.8 Å². The van der Waals surface area contributed by atoms with Crippen molar-refractivity contribution < 1.29 is 9.47 Å². The highest BCUT2D eigenvalue weighted by Crippen LogP contribution is 2.15. The van der Waals surface area contributed by atoms with Gasteiger partial charge in [0.2, 0.25) is 5.88 Å². The van der Waals surface area contributed by atoms with Crippen molar-refractivity contribution in [2.45, 2.75) is 53.7 Å². The Bertz CT molecular complexity index is 506. The lowest BCUT2D eigenvalue weighted by atomic mass is 10.0. The number of guanidine groups is 1. The molecular formula is C19H34N4O2. The molecule has 2 N–H and O–H groups in total. The molecule has 6 heteroatoms. The van der Waals surface area contributed by atoms with E-state index in [4.69, 9.17) is 9.47 Å². The number of ether oxygens (including phenoxy) is 2. The molecule has 1 unspecified atom stereocenters. The van der Waals surface area contributed by atoms with Crippen molar-refractivity contribution in [3.05, 3.63) is 23.9 Å². The van der Waals surface area contributed by atoms with Gasteiger partial charge in [-0.3, -0.25) is 0 Å². The third-order valence-electron chi connectivity index (χ3n) is 3.73. The zero-order valence-electron chi connectivity index (χ0n) is 16.3. The fourth-order valence-electron chi connectivity index (χ4n) is 2.47. The van der Waals surface area contributed by atoms with E-state index < -0.39 is 0 Å². The summed E-state index contributed by atoms with van der Waals surface area (Å²) in [6.45, 7) is 13.9. The minimum atomic E-state index is 0.267. The number of nitrogens with zero attached hydrogens (tertiary/aromatic N) is 2. The lowest BCUT2D eigenvalue weighted by Gasteiger charge is -2.21. The predicted octanol–water partition coefficient (Wildman–Crippen LogP) is 2.99. The van der Waals surface area contributed by atoms with E-state index in [-0.39, 0.29) is 6.10 Å². The van der Waals surface area contributed by atoms with Crippen molar-refractivity contribution in [3.63, 3.8) is 0 Å². The molecule has 0 spiro atoms. The number of pyridine rings is 1. The van der Waals surface area contributed by atoms with Crippen LogP contribution in [0.3, 0.4) is 0 Å². The lowest BCUT2D eigenvalue weighted by molar-refractivity contribution is 0.0258. The first kappa shape index (κ1) is 21.2. The lowest BCUT2D eigenvalue weighted by Crippen LogP contribution is -2.39. The van der Waals surface area contributed by atoms with E-state index in [1.54, 1.807) is 6.20 Å². The SMILES string of the molecule is CCNC(=NCc1cccnc1OCC)NCCC(OCC)C(C)C. The van der Waals surface area contributed by atoms with Crippen LogP contribution in [0.15, 0.2) is 23.3 Å². The maximum absolute atomic E-state index is 5.79. The normalized spacial score (nSPS) is 13.0. The molecule has 0 radical (unpaired) electrons. The van der Waals surface area contributed by atoms with E-state index in [0.717, 1.165) is 37.6 Å². The number of hydrogen-bond donors (Lipinski definition) is 2. The number of aromatic nitrogens is 1. The highest BCUT2D eigenvalue weighted by atomic mass is 16.5. The largest absolute Gasteiger partial charge is 0.478 e. The van der Waals surface area contributed by atoms with Crippen LogP contribution in [-0.4, -0.2) is 43.4 Å². The molecule has 0 saturated heterocycles. The third-order valence-corrected chi connectivity index (χ3v) is 3.73. The monoisotopic (exact) mass is 350 g/mol. The quantitative estimate of drug-likeness (QED) is 0.474. The predicted molar refractivity (Wildman–Crippen MR) is 103 cm³/mol. The molecule has 142 valence electrons. The van der Waals surface area contributed by atoms with Gasteiger partial charge in [0.15, 0.2) is 5.96 Å². The van der Waals surface area contributed by atoms with Crippen molar-refractivity contribution in [3.8, 4) is 5.88 Å². The summed E-state index contributed by atoms with van der Waals surface area (Å²) in [7, 11) is 0. The molecule has 0 saturated carbocycles. The molecule has 1 rings (SSSR count). The first-order chi connectivity index (χ1) is 12.1. The summed E-state index contributed by atoms with van der Waals surface area (Å²) in [4.78, 5) is 8.92. The average molecular weight is 351 g/mol. The van der Waals surface area contributed by atoms with Crippen molar-refractivity contribution in [1.82, 2.24) is 15.6 Å². The summed E-state index contributed by atoms with van der Waals surface area (Å²) in [5, 5.41) is 6.66. The maximum Gasteiger partial charge on any atom is 0.218 e. The zero-order valence-corrected chi connectivity index (χ0v) is 16.3. The second-order valence-corrected chi connectivity index (χ2v) is 6.05. The van der Waals surface area contributed by atoms with Crippen LogP contribution in [0.2, 0.25) is 0 Å². The first-order valence-corrected chi connectivity index (χ1v) is 9.32. The van der Waals surface area contributed by atoms with Crippen molar-refractivity contribution in [2.75, 3.05) is 26.3 Å². The van der Waals surface area contributed by atoms with Crippen LogP contribution in [0.5, 0.6) is 5.88 Å². The second kappa shape index (κ2) is 12.5. The Hall–Kier alpha value is -1.82. The Labute approximate surface area is 152 Å². The van der Waals surface area contributed by atoms with Crippen molar-refractivity contribution in [2.24, 2.45) is 10.9 Å². The molecule has 1 aromatic heterocycles. The van der Waals surface area contributed by atoms with E-state index in [1.807, 2.05) is 26.0 Å². The molecule has 6 nitrogen and oxygen atoms in total. The van der Waals surface area contributed by atoms with E-state index in [2.05, 4.69) is 41.4 Å². The number of rotatable bonds is 11. The van der Waals surface area contributed by atoms with Crippen LogP contribution in [0, 0.1) is 5.92 Å². The Morgan fingerprint density at radius 3 is 2.64 bits per heavy atom. The van der Waals surface area contributed by atoms with E-state index >= 15 is 0 Å². The van der Waals surface area contributed by atoms with Crippen molar-refractivity contribution in [1.29, 1.82) is 0 Å². The highest BCUT2D eigenvalue weighted by Gasteiger charge is 2.13. The Morgan fingerprint density at radius 2 is 2.00 bits per heavy atom. The van der Waals surface area contributed by atoms with Crippen molar-refractivity contribution >= 4 is 5.96 Å². The molecule has 0 amide bonds. The highest BCUT2D eigenvalue weighted by molar-refractivity contribution is 5.79. The van der Waals surface area contributed by atoms with Crippen LogP contribution in [0.1, 0.15) is 46.6 Å². The average Bonchev–Trinajstić information content (AvgIpc) is 2.60. The van der Waals surface area contributed by atoms with Crippen LogP contribution in [-0.2, 0) is 11.3 Å². The van der Waals surface area contributed by atoms with Gasteiger partial charge in [-0.1, -0.05) is 19.9 Å². The number of nitrogens with one attached hydrogen (secondary N) is 2. The summed E-state index contributed by atoms with van der Waals surface area (Å²) in [5.41, 5.74) is 0.982. The Kier molecular flexibility index (Phi) is 10.6. The van der Waals surface area contributed by atoms with Gasteiger partial charge >= 0.3 is 0 Å². The number of aliphatic imine (C=N–C) groups is 1. The Morgan fingerprint density at radius 1 is 1.20 bits per heavy atom. The maximum atomic E-state index is 5.79. The summed E-state index contributed by atoms with van der Waals surface area (Å²) in [5.74, 6) is 1.96. The van der Waals surface area contributed by atoms with Gasteiger partial charge in [0.25, 0.3) is 0 Å². The molecule has 1 heterocycles. The Balaban J connectivity index is 2.62. The van der Waals surface area contributed by atoms with E-state index in [9.17, 15) is 0 Å². The molecular weight excluding hydrogens is 316 g/mol. The van der Waals surface area contributed by atoms with E-state index in [1.165, 1.54) is 0 Å². The summed E-state index contributed by atoms with van der Waals surface area (Å²) >= 11 is 0. The van der Waals surface area contributed by atoms with E-state index in [0.29, 0.717) is 24.9 Å². The molecule has 1 atom stereocenters. The van der Waals surface area contributed by atoms with Gasteiger partial charge in [-0.25, -0.2) is 9.98 Å². The molecule has 0 aliphatic heterocycles. The van der Waals surface area contributed by atoms with Gasteiger partial charge in [0, 0.05) is 31.5 Å². The van der Waals surface area contributed by atoms with Gasteiger partial charge in [-0.05, 0) is 39.2 Å². The molecule has 0 aliphatic rings. The fourth-order valence-corrected chi connectivity index (χ4v) is 2.47. The third kappa shape index (κ3) is 8.20. The molecule has 25 heavy (non-hydrogen) atoms. The van der Waals surface area contributed by atoms with Gasteiger partial charge in [-0.15, -0.1) is 0 Å². The minimum absolute atomic E-state index is 0.267. The minimum Gasteiger partial charge on any atom is -0.478 e. The van der Waals surface area contributed by atoms with Gasteiger partial charge in [0.1, 0.15) is 0 Å².